The summed E-state index contributed by atoms with van der Waals surface area (Å²) in [5.41, 5.74) is 4.81. The monoisotopic (exact) mass is 471 g/mol. The van der Waals surface area contributed by atoms with Gasteiger partial charge in [0.25, 0.3) is 5.91 Å². The molecule has 1 aromatic rings. The lowest BCUT2D eigenvalue weighted by atomic mass is 9.77. The maximum atomic E-state index is 13.6. The molecule has 34 heavy (non-hydrogen) atoms. The standard InChI is InChI=1S/C25H37N5O4/c1-27-18-19(17-22(31)29-10-6-3-7-11-29)16-21(23(26)32)25(27,34)24(33)30-14-12-28(13-15-30)20-8-4-2-5-9-20/h2,4-5,8-9,19,21,34H,3,6-7,10-18H2,1H3,(H2,26,32). The van der Waals surface area contributed by atoms with Crippen LogP contribution in [-0.2, 0) is 14.4 Å². The van der Waals surface area contributed by atoms with Gasteiger partial charge in [0.2, 0.25) is 17.5 Å². The van der Waals surface area contributed by atoms with E-state index in [1.165, 1.54) is 4.90 Å². The summed E-state index contributed by atoms with van der Waals surface area (Å²) in [5.74, 6) is -2.31. The number of piperazine rings is 1. The molecule has 0 bridgehead atoms. The molecule has 9 heteroatoms. The first kappa shape index (κ1) is 24.5. The topological polar surface area (TPSA) is 110 Å². The fourth-order valence-electron chi connectivity index (χ4n) is 5.70. The summed E-state index contributed by atoms with van der Waals surface area (Å²) in [5, 5.41) is 11.6. The van der Waals surface area contributed by atoms with Crippen LogP contribution in [-0.4, -0.2) is 96.1 Å². The highest BCUT2D eigenvalue weighted by Crippen LogP contribution is 2.37. The molecule has 3 N–H and O–H groups in total. The lowest BCUT2D eigenvalue weighted by molar-refractivity contribution is -0.201. The molecule has 186 valence electrons. The second-order valence-electron chi connectivity index (χ2n) is 9.92. The van der Waals surface area contributed by atoms with Gasteiger partial charge in [-0.1, -0.05) is 18.2 Å². The zero-order chi connectivity index (χ0) is 24.3. The molecule has 3 amide bonds. The molecular weight excluding hydrogens is 434 g/mol. The van der Waals surface area contributed by atoms with Crippen LogP contribution in [0.3, 0.4) is 0 Å². The minimum Gasteiger partial charge on any atom is -0.369 e. The van der Waals surface area contributed by atoms with Crippen molar-refractivity contribution in [2.24, 2.45) is 17.6 Å². The number of aliphatic hydroxyl groups is 1. The SMILES string of the molecule is CN1CC(CC(=O)N2CCCCC2)CC(C(N)=O)C1(O)C(=O)N1CCN(c2ccccc2)CC1. The highest BCUT2D eigenvalue weighted by atomic mass is 16.3. The molecule has 0 radical (unpaired) electrons. The summed E-state index contributed by atoms with van der Waals surface area (Å²) < 4.78 is 0. The highest BCUT2D eigenvalue weighted by Gasteiger charge is 2.56. The number of amides is 3. The molecule has 0 aliphatic carbocycles. The molecule has 3 heterocycles. The quantitative estimate of drug-likeness (QED) is 0.646. The molecule has 3 saturated heterocycles. The van der Waals surface area contributed by atoms with Gasteiger partial charge in [0.05, 0.1) is 5.92 Å². The van der Waals surface area contributed by atoms with Gasteiger partial charge in [0.15, 0.2) is 0 Å². The van der Waals surface area contributed by atoms with Gasteiger partial charge in [-0.05, 0) is 50.8 Å². The molecule has 0 spiro atoms. The van der Waals surface area contributed by atoms with Crippen LogP contribution in [0.5, 0.6) is 0 Å². The van der Waals surface area contributed by atoms with Gasteiger partial charge in [0, 0.05) is 57.9 Å². The van der Waals surface area contributed by atoms with Crippen molar-refractivity contribution in [3.63, 3.8) is 0 Å². The Labute approximate surface area is 201 Å². The number of hydrogen-bond acceptors (Lipinski definition) is 6. The zero-order valence-electron chi connectivity index (χ0n) is 20.1. The number of benzene rings is 1. The number of nitrogens with two attached hydrogens (primary N) is 1. The van der Waals surface area contributed by atoms with E-state index in [1.54, 1.807) is 11.9 Å². The van der Waals surface area contributed by atoms with Crippen molar-refractivity contribution in [3.05, 3.63) is 30.3 Å². The third-order valence-electron chi connectivity index (χ3n) is 7.69. The van der Waals surface area contributed by atoms with Crippen LogP contribution in [0.25, 0.3) is 0 Å². The van der Waals surface area contributed by atoms with E-state index in [-0.39, 0.29) is 18.2 Å². The van der Waals surface area contributed by atoms with Gasteiger partial charge in [0.1, 0.15) is 0 Å². The summed E-state index contributed by atoms with van der Waals surface area (Å²) >= 11 is 0. The largest absolute Gasteiger partial charge is 0.369 e. The smallest absolute Gasteiger partial charge is 0.271 e. The molecule has 0 aromatic heterocycles. The van der Waals surface area contributed by atoms with E-state index in [1.807, 2.05) is 35.2 Å². The van der Waals surface area contributed by atoms with E-state index in [9.17, 15) is 19.5 Å². The van der Waals surface area contributed by atoms with Crippen molar-refractivity contribution < 1.29 is 19.5 Å². The van der Waals surface area contributed by atoms with Crippen LogP contribution in [0.1, 0.15) is 32.1 Å². The van der Waals surface area contributed by atoms with E-state index in [4.69, 9.17) is 5.73 Å². The van der Waals surface area contributed by atoms with Crippen LogP contribution < -0.4 is 10.6 Å². The predicted octanol–water partition coefficient (Wildman–Crippen LogP) is 0.480. The number of likely N-dealkylation sites (tertiary alicyclic amines) is 2. The summed E-state index contributed by atoms with van der Waals surface area (Å²) in [6.07, 6.45) is 3.71. The fourth-order valence-corrected chi connectivity index (χ4v) is 5.70. The van der Waals surface area contributed by atoms with Gasteiger partial charge in [-0.25, -0.2) is 0 Å². The molecule has 3 unspecified atom stereocenters. The lowest BCUT2D eigenvalue weighted by Gasteiger charge is -2.49. The predicted molar refractivity (Wildman–Crippen MR) is 129 cm³/mol. The number of para-hydroxylation sites is 1. The summed E-state index contributed by atoms with van der Waals surface area (Å²) in [6, 6.07) is 10.0. The van der Waals surface area contributed by atoms with Crippen molar-refractivity contribution >= 4 is 23.4 Å². The van der Waals surface area contributed by atoms with Crippen molar-refractivity contribution in [2.75, 3.05) is 57.8 Å². The second kappa shape index (κ2) is 10.3. The summed E-state index contributed by atoms with van der Waals surface area (Å²) in [6.45, 7) is 4.09. The van der Waals surface area contributed by atoms with E-state index in [0.29, 0.717) is 39.1 Å². The van der Waals surface area contributed by atoms with Gasteiger partial charge < -0.3 is 25.5 Å². The lowest BCUT2D eigenvalue weighted by Crippen LogP contribution is -2.69. The molecule has 3 aliphatic rings. The number of carbonyl (C=O) groups is 3. The average molecular weight is 472 g/mol. The van der Waals surface area contributed by atoms with Crippen LogP contribution in [0.15, 0.2) is 30.3 Å². The van der Waals surface area contributed by atoms with Gasteiger partial charge in [-0.3, -0.25) is 19.3 Å². The first-order valence-electron chi connectivity index (χ1n) is 12.4. The molecule has 3 fully saturated rings. The number of rotatable bonds is 5. The minimum absolute atomic E-state index is 0.0788. The Bertz CT molecular complexity index is 883. The Balaban J connectivity index is 1.41. The molecule has 3 atom stereocenters. The van der Waals surface area contributed by atoms with Gasteiger partial charge in [-0.2, -0.15) is 0 Å². The Morgan fingerprint density at radius 1 is 0.971 bits per heavy atom. The van der Waals surface area contributed by atoms with E-state index in [2.05, 4.69) is 4.90 Å². The third-order valence-corrected chi connectivity index (χ3v) is 7.69. The normalized spacial score (nSPS) is 28.6. The first-order valence-corrected chi connectivity index (χ1v) is 12.4. The molecule has 9 nitrogen and oxygen atoms in total. The number of piperidine rings is 2. The maximum absolute atomic E-state index is 13.6. The number of hydrogen-bond donors (Lipinski definition) is 2. The molecule has 3 aliphatic heterocycles. The molecule has 1 aromatic carbocycles. The highest BCUT2D eigenvalue weighted by molar-refractivity contribution is 5.92. The van der Waals surface area contributed by atoms with Gasteiger partial charge >= 0.3 is 0 Å². The Morgan fingerprint density at radius 2 is 1.62 bits per heavy atom. The Hall–Kier alpha value is -2.65. The molecule has 0 saturated carbocycles. The van der Waals surface area contributed by atoms with Crippen molar-refractivity contribution in [1.29, 1.82) is 0 Å². The van der Waals surface area contributed by atoms with E-state index in [0.717, 1.165) is 38.0 Å². The van der Waals surface area contributed by atoms with Crippen LogP contribution >= 0.6 is 0 Å². The minimum atomic E-state index is -1.99. The van der Waals surface area contributed by atoms with Gasteiger partial charge in [-0.15, -0.1) is 0 Å². The fraction of sp³-hybridized carbons (Fsp3) is 0.640. The van der Waals surface area contributed by atoms with Crippen LogP contribution in [0.2, 0.25) is 0 Å². The Morgan fingerprint density at radius 3 is 2.24 bits per heavy atom. The van der Waals surface area contributed by atoms with Crippen molar-refractivity contribution in [2.45, 2.75) is 37.8 Å². The Kier molecular flexibility index (Phi) is 7.42. The third kappa shape index (κ3) is 4.90. The number of nitrogens with zero attached hydrogens (tertiary/aromatic N) is 4. The number of anilines is 1. The van der Waals surface area contributed by atoms with Crippen LogP contribution in [0, 0.1) is 11.8 Å². The van der Waals surface area contributed by atoms with Crippen molar-refractivity contribution in [1.82, 2.24) is 14.7 Å². The average Bonchev–Trinajstić information content (AvgIpc) is 2.86. The number of likely N-dealkylation sites (N-methyl/N-ethyl adjacent to an activating group) is 1. The number of primary amides is 1. The number of carbonyl (C=O) groups excluding carboxylic acids is 3. The second-order valence-corrected chi connectivity index (χ2v) is 9.92. The maximum Gasteiger partial charge on any atom is 0.271 e. The summed E-state index contributed by atoms with van der Waals surface area (Å²) in [7, 11) is 1.64. The summed E-state index contributed by atoms with van der Waals surface area (Å²) in [4.78, 5) is 46.0. The molecule has 4 rings (SSSR count). The van der Waals surface area contributed by atoms with Crippen molar-refractivity contribution in [3.8, 4) is 0 Å². The van der Waals surface area contributed by atoms with E-state index >= 15 is 0 Å². The van der Waals surface area contributed by atoms with Crippen LogP contribution in [0.4, 0.5) is 5.69 Å². The molecular formula is C25H37N5O4. The first-order chi connectivity index (χ1) is 16.3. The zero-order valence-corrected chi connectivity index (χ0v) is 20.1. The van der Waals surface area contributed by atoms with E-state index < -0.39 is 23.5 Å².